The number of ether oxygens (including phenoxy) is 1. The Morgan fingerprint density at radius 3 is 2.64 bits per heavy atom. The van der Waals surface area contributed by atoms with Gasteiger partial charge in [-0.15, -0.1) is 0 Å². The Morgan fingerprint density at radius 1 is 1.29 bits per heavy atom. The monoisotopic (exact) mass is 187 g/mol. The summed E-state index contributed by atoms with van der Waals surface area (Å²) in [4.78, 5) is 4.14. The molecular weight excluding hydrogens is 178 g/mol. The van der Waals surface area contributed by atoms with Gasteiger partial charge < -0.3 is 4.74 Å². The van der Waals surface area contributed by atoms with Crippen molar-refractivity contribution in [2.24, 2.45) is 0 Å². The predicted molar refractivity (Wildman–Crippen MR) is 49.6 cm³/mol. The standard InChI is InChI=1S/C10H9N3O/c1-2-4-8(5-3-1)10(6-14-10)9-11-7-12-13-9/h1-5,7H,6H2,(H,11,12,13). The third-order valence-electron chi connectivity index (χ3n) is 2.47. The van der Waals surface area contributed by atoms with Crippen LogP contribution in [0.1, 0.15) is 11.4 Å². The number of hydrogen-bond acceptors (Lipinski definition) is 3. The van der Waals surface area contributed by atoms with Crippen molar-refractivity contribution in [1.29, 1.82) is 0 Å². The molecule has 0 spiro atoms. The zero-order valence-corrected chi connectivity index (χ0v) is 7.47. The normalized spacial score (nSPS) is 24.9. The fraction of sp³-hybridized carbons (Fsp3) is 0.200. The van der Waals surface area contributed by atoms with Crippen molar-refractivity contribution in [3.63, 3.8) is 0 Å². The van der Waals surface area contributed by atoms with Crippen LogP contribution in [-0.4, -0.2) is 21.8 Å². The molecule has 1 N–H and O–H groups in total. The molecule has 1 aliphatic heterocycles. The highest BCUT2D eigenvalue weighted by Crippen LogP contribution is 2.42. The molecule has 0 bridgehead atoms. The zero-order chi connectivity index (χ0) is 9.43. The fourth-order valence-electron chi connectivity index (χ4n) is 1.62. The Kier molecular flexibility index (Phi) is 1.46. The van der Waals surface area contributed by atoms with Crippen LogP contribution < -0.4 is 0 Å². The van der Waals surface area contributed by atoms with Crippen molar-refractivity contribution >= 4 is 0 Å². The predicted octanol–water partition coefficient (Wildman–Crippen LogP) is 1.08. The molecule has 1 saturated heterocycles. The SMILES string of the molecule is c1ccc(C2(c3ncn[nH]3)CO2)cc1. The molecule has 0 saturated carbocycles. The second-order valence-electron chi connectivity index (χ2n) is 3.32. The van der Waals surface area contributed by atoms with E-state index in [-0.39, 0.29) is 5.60 Å². The van der Waals surface area contributed by atoms with E-state index < -0.39 is 0 Å². The molecule has 1 aliphatic rings. The summed E-state index contributed by atoms with van der Waals surface area (Å²) in [6, 6.07) is 10.1. The van der Waals surface area contributed by atoms with Crippen molar-refractivity contribution in [3.05, 3.63) is 48.0 Å². The molecule has 1 aromatic carbocycles. The van der Waals surface area contributed by atoms with Gasteiger partial charge in [-0.25, -0.2) is 4.98 Å². The lowest BCUT2D eigenvalue weighted by Gasteiger charge is -2.07. The van der Waals surface area contributed by atoms with Crippen LogP contribution in [0.25, 0.3) is 0 Å². The van der Waals surface area contributed by atoms with Gasteiger partial charge in [-0.2, -0.15) is 5.10 Å². The second-order valence-corrected chi connectivity index (χ2v) is 3.32. The maximum Gasteiger partial charge on any atom is 0.175 e. The third-order valence-corrected chi connectivity index (χ3v) is 2.47. The van der Waals surface area contributed by atoms with Crippen LogP contribution in [0.3, 0.4) is 0 Å². The van der Waals surface area contributed by atoms with Gasteiger partial charge in [-0.05, 0) is 5.56 Å². The van der Waals surface area contributed by atoms with E-state index in [2.05, 4.69) is 15.2 Å². The summed E-state index contributed by atoms with van der Waals surface area (Å²) < 4.78 is 5.49. The second kappa shape index (κ2) is 2.65. The van der Waals surface area contributed by atoms with Gasteiger partial charge in [0.1, 0.15) is 6.33 Å². The minimum atomic E-state index is -0.363. The number of nitrogens with zero attached hydrogens (tertiary/aromatic N) is 2. The number of epoxide rings is 1. The lowest BCUT2D eigenvalue weighted by molar-refractivity contribution is 0.338. The Morgan fingerprint density at radius 2 is 2.07 bits per heavy atom. The number of aromatic nitrogens is 3. The van der Waals surface area contributed by atoms with Crippen LogP contribution in [0, 0.1) is 0 Å². The molecule has 4 heteroatoms. The molecule has 0 aliphatic carbocycles. The number of benzene rings is 1. The quantitative estimate of drug-likeness (QED) is 0.716. The van der Waals surface area contributed by atoms with Gasteiger partial charge in [0, 0.05) is 0 Å². The van der Waals surface area contributed by atoms with Gasteiger partial charge in [0.05, 0.1) is 6.61 Å². The van der Waals surface area contributed by atoms with Gasteiger partial charge in [0.2, 0.25) is 0 Å². The highest BCUT2D eigenvalue weighted by molar-refractivity contribution is 5.33. The van der Waals surface area contributed by atoms with E-state index in [9.17, 15) is 0 Å². The average Bonchev–Trinajstić information content (AvgIpc) is 2.88. The lowest BCUT2D eigenvalue weighted by atomic mass is 10.00. The molecule has 1 unspecified atom stereocenters. The van der Waals surface area contributed by atoms with E-state index in [1.165, 1.54) is 6.33 Å². The van der Waals surface area contributed by atoms with Crippen molar-refractivity contribution < 1.29 is 4.74 Å². The highest BCUT2D eigenvalue weighted by Gasteiger charge is 2.50. The average molecular weight is 187 g/mol. The minimum Gasteiger partial charge on any atom is -0.356 e. The number of nitrogens with one attached hydrogen (secondary N) is 1. The van der Waals surface area contributed by atoms with Gasteiger partial charge in [-0.1, -0.05) is 30.3 Å². The van der Waals surface area contributed by atoms with Crippen molar-refractivity contribution in [2.75, 3.05) is 6.61 Å². The molecule has 3 rings (SSSR count). The van der Waals surface area contributed by atoms with E-state index in [0.717, 1.165) is 11.4 Å². The molecule has 0 radical (unpaired) electrons. The highest BCUT2D eigenvalue weighted by atomic mass is 16.6. The lowest BCUT2D eigenvalue weighted by Crippen LogP contribution is -2.12. The molecule has 2 aromatic rings. The minimum absolute atomic E-state index is 0.363. The fourth-order valence-corrected chi connectivity index (χ4v) is 1.62. The van der Waals surface area contributed by atoms with E-state index in [0.29, 0.717) is 6.61 Å². The van der Waals surface area contributed by atoms with Crippen LogP contribution in [0.4, 0.5) is 0 Å². The molecule has 0 amide bonds. The summed E-state index contributed by atoms with van der Waals surface area (Å²) in [6.45, 7) is 0.673. The number of aromatic amines is 1. The smallest absolute Gasteiger partial charge is 0.175 e. The molecule has 14 heavy (non-hydrogen) atoms. The third kappa shape index (κ3) is 0.975. The van der Waals surface area contributed by atoms with E-state index in [1.54, 1.807) is 0 Å². The van der Waals surface area contributed by atoms with E-state index in [1.807, 2.05) is 30.3 Å². The Hall–Kier alpha value is -1.68. The molecule has 2 heterocycles. The molecular formula is C10H9N3O. The summed E-state index contributed by atoms with van der Waals surface area (Å²) in [6.07, 6.45) is 1.50. The first kappa shape index (κ1) is 7.70. The first-order chi connectivity index (χ1) is 6.92. The van der Waals surface area contributed by atoms with Crippen LogP contribution in [0.15, 0.2) is 36.7 Å². The summed E-state index contributed by atoms with van der Waals surface area (Å²) in [5.74, 6) is 0.781. The van der Waals surface area contributed by atoms with Gasteiger partial charge >= 0.3 is 0 Å². The number of rotatable bonds is 2. The maximum atomic E-state index is 5.49. The van der Waals surface area contributed by atoms with E-state index >= 15 is 0 Å². The molecule has 4 nitrogen and oxygen atoms in total. The Labute approximate surface area is 80.9 Å². The molecule has 1 atom stereocenters. The van der Waals surface area contributed by atoms with Crippen LogP contribution >= 0.6 is 0 Å². The van der Waals surface area contributed by atoms with E-state index in [4.69, 9.17) is 4.74 Å². The van der Waals surface area contributed by atoms with Crippen molar-refractivity contribution in [1.82, 2.24) is 15.2 Å². The van der Waals surface area contributed by atoms with Gasteiger partial charge in [0.15, 0.2) is 11.4 Å². The largest absolute Gasteiger partial charge is 0.356 e. The van der Waals surface area contributed by atoms with Crippen LogP contribution in [0.5, 0.6) is 0 Å². The van der Waals surface area contributed by atoms with Gasteiger partial charge in [-0.3, -0.25) is 5.10 Å². The van der Waals surface area contributed by atoms with Crippen LogP contribution in [-0.2, 0) is 10.3 Å². The molecule has 1 fully saturated rings. The van der Waals surface area contributed by atoms with Crippen molar-refractivity contribution in [2.45, 2.75) is 5.60 Å². The summed E-state index contributed by atoms with van der Waals surface area (Å²) in [5, 5.41) is 6.69. The van der Waals surface area contributed by atoms with Crippen molar-refractivity contribution in [3.8, 4) is 0 Å². The zero-order valence-electron chi connectivity index (χ0n) is 7.47. The molecule has 70 valence electrons. The molecule has 1 aromatic heterocycles. The Balaban J connectivity index is 2.07. The van der Waals surface area contributed by atoms with Crippen LogP contribution in [0.2, 0.25) is 0 Å². The Bertz CT molecular complexity index is 420. The summed E-state index contributed by atoms with van der Waals surface area (Å²) in [5.41, 5.74) is 0.759. The first-order valence-electron chi connectivity index (χ1n) is 4.47. The van der Waals surface area contributed by atoms with Gasteiger partial charge in [0.25, 0.3) is 0 Å². The summed E-state index contributed by atoms with van der Waals surface area (Å²) in [7, 11) is 0. The topological polar surface area (TPSA) is 54.1 Å². The number of H-pyrrole nitrogens is 1. The maximum absolute atomic E-state index is 5.49. The number of hydrogen-bond donors (Lipinski definition) is 1. The summed E-state index contributed by atoms with van der Waals surface area (Å²) >= 11 is 0. The first-order valence-corrected chi connectivity index (χ1v) is 4.47.